The number of nitrogens with one attached hydrogen (secondary N) is 2. The normalized spacial score (nSPS) is 14.9. The van der Waals surface area contributed by atoms with E-state index in [-0.39, 0.29) is 5.91 Å². The summed E-state index contributed by atoms with van der Waals surface area (Å²) in [4.78, 5) is 20.0. The lowest BCUT2D eigenvalue weighted by atomic mass is 9.93. The molecule has 0 atom stereocenters. The van der Waals surface area contributed by atoms with Crippen LogP contribution in [0.2, 0.25) is 0 Å². The first-order valence-corrected chi connectivity index (χ1v) is 12.4. The van der Waals surface area contributed by atoms with Gasteiger partial charge in [0, 0.05) is 32.2 Å². The van der Waals surface area contributed by atoms with Gasteiger partial charge in [-0.25, -0.2) is 4.98 Å². The van der Waals surface area contributed by atoms with Crippen LogP contribution in [0.25, 0.3) is 11.0 Å². The Morgan fingerprint density at radius 2 is 1.86 bits per heavy atom. The summed E-state index contributed by atoms with van der Waals surface area (Å²) < 4.78 is 7.93. The SMILES string of the molecule is CNc1ccccc1C(=O)NCCN1CCC(Cc2nc3ccccc3n2Cc2ccco2)CC1. The van der Waals surface area contributed by atoms with Crippen LogP contribution in [-0.4, -0.2) is 53.6 Å². The highest BCUT2D eigenvalue weighted by molar-refractivity contribution is 5.99. The third-order valence-corrected chi connectivity index (χ3v) is 6.96. The van der Waals surface area contributed by atoms with Crippen LogP contribution in [0.4, 0.5) is 5.69 Å². The number of para-hydroxylation sites is 3. The van der Waals surface area contributed by atoms with Gasteiger partial charge in [-0.3, -0.25) is 4.79 Å². The van der Waals surface area contributed by atoms with Crippen molar-refractivity contribution in [3.63, 3.8) is 0 Å². The van der Waals surface area contributed by atoms with Crippen molar-refractivity contribution in [3.8, 4) is 0 Å². The minimum absolute atomic E-state index is 0.0275. The van der Waals surface area contributed by atoms with E-state index in [2.05, 4.69) is 38.3 Å². The minimum atomic E-state index is -0.0275. The van der Waals surface area contributed by atoms with Gasteiger partial charge >= 0.3 is 0 Å². The van der Waals surface area contributed by atoms with E-state index >= 15 is 0 Å². The maximum Gasteiger partial charge on any atom is 0.253 e. The molecule has 2 aromatic carbocycles. The summed E-state index contributed by atoms with van der Waals surface area (Å²) >= 11 is 0. The van der Waals surface area contributed by atoms with Crippen LogP contribution in [0.3, 0.4) is 0 Å². The maximum atomic E-state index is 12.6. The number of aromatic nitrogens is 2. The maximum absolute atomic E-state index is 12.6. The van der Waals surface area contributed by atoms with Gasteiger partial charge in [-0.2, -0.15) is 0 Å². The second-order valence-corrected chi connectivity index (χ2v) is 9.22. The highest BCUT2D eigenvalue weighted by atomic mass is 16.3. The fraction of sp³-hybridized carbons (Fsp3) is 0.357. The van der Waals surface area contributed by atoms with Crippen LogP contribution in [0.15, 0.2) is 71.3 Å². The van der Waals surface area contributed by atoms with Crippen molar-refractivity contribution < 1.29 is 9.21 Å². The van der Waals surface area contributed by atoms with Crippen LogP contribution in [0.5, 0.6) is 0 Å². The Morgan fingerprint density at radius 1 is 1.06 bits per heavy atom. The first-order chi connectivity index (χ1) is 17.2. The third-order valence-electron chi connectivity index (χ3n) is 6.96. The van der Waals surface area contributed by atoms with Gasteiger partial charge < -0.3 is 24.5 Å². The zero-order chi connectivity index (χ0) is 24.0. The Labute approximate surface area is 206 Å². The largest absolute Gasteiger partial charge is 0.467 e. The van der Waals surface area contributed by atoms with Crippen molar-refractivity contribution in [1.29, 1.82) is 0 Å². The molecule has 2 aromatic heterocycles. The number of fused-ring (bicyclic) bond motifs is 1. The quantitative estimate of drug-likeness (QED) is 0.378. The van der Waals surface area contributed by atoms with Gasteiger partial charge in [0.1, 0.15) is 11.6 Å². The van der Waals surface area contributed by atoms with E-state index in [0.29, 0.717) is 24.6 Å². The lowest BCUT2D eigenvalue weighted by Crippen LogP contribution is -2.40. The summed E-state index contributed by atoms with van der Waals surface area (Å²) in [5.74, 6) is 2.66. The molecule has 1 aliphatic heterocycles. The Hall–Kier alpha value is -3.58. The molecule has 3 heterocycles. The van der Waals surface area contributed by atoms with Crippen LogP contribution < -0.4 is 10.6 Å². The molecule has 0 unspecified atom stereocenters. The highest BCUT2D eigenvalue weighted by Gasteiger charge is 2.22. The van der Waals surface area contributed by atoms with Crippen LogP contribution >= 0.6 is 0 Å². The fourth-order valence-corrected chi connectivity index (χ4v) is 5.01. The van der Waals surface area contributed by atoms with E-state index in [0.717, 1.165) is 67.2 Å². The van der Waals surface area contributed by atoms with Crippen molar-refractivity contribution in [2.45, 2.75) is 25.8 Å². The molecule has 0 bridgehead atoms. The molecule has 1 aliphatic rings. The van der Waals surface area contributed by atoms with Crippen molar-refractivity contribution in [1.82, 2.24) is 19.8 Å². The number of carbonyl (C=O) groups excluding carboxylic acids is 1. The smallest absolute Gasteiger partial charge is 0.253 e. The summed E-state index contributed by atoms with van der Waals surface area (Å²) in [7, 11) is 1.84. The second-order valence-electron chi connectivity index (χ2n) is 9.22. The minimum Gasteiger partial charge on any atom is -0.467 e. The molecule has 35 heavy (non-hydrogen) atoms. The molecular formula is C28H33N5O2. The van der Waals surface area contributed by atoms with Crippen LogP contribution in [-0.2, 0) is 13.0 Å². The van der Waals surface area contributed by atoms with Gasteiger partial charge in [0.15, 0.2) is 0 Å². The number of nitrogens with zero attached hydrogens (tertiary/aromatic N) is 3. The van der Waals surface area contributed by atoms with E-state index in [1.165, 1.54) is 0 Å². The van der Waals surface area contributed by atoms with Gasteiger partial charge in [0.25, 0.3) is 5.91 Å². The highest BCUT2D eigenvalue weighted by Crippen LogP contribution is 2.25. The number of hydrogen-bond donors (Lipinski definition) is 2. The standard InChI is InChI=1S/C28H33N5O2/c1-29-24-9-3-2-8-23(24)28(34)30-14-17-32-15-12-21(13-16-32)19-27-31-25-10-4-5-11-26(25)33(27)20-22-7-6-18-35-22/h2-11,18,21,29H,12-17,19-20H2,1H3,(H,30,34). The number of carbonyl (C=O) groups is 1. The van der Waals surface area contributed by atoms with Gasteiger partial charge in [0.05, 0.1) is 29.4 Å². The molecule has 0 spiro atoms. The van der Waals surface area contributed by atoms with Gasteiger partial charge in [0.2, 0.25) is 0 Å². The predicted octanol–water partition coefficient (Wildman–Crippen LogP) is 4.40. The molecule has 4 aromatic rings. The number of rotatable bonds is 9. The number of likely N-dealkylation sites (tertiary alicyclic amines) is 1. The topological polar surface area (TPSA) is 75.3 Å². The zero-order valence-corrected chi connectivity index (χ0v) is 20.2. The molecule has 1 saturated heterocycles. The summed E-state index contributed by atoms with van der Waals surface area (Å²) in [6.07, 6.45) is 4.98. The number of anilines is 1. The molecular weight excluding hydrogens is 438 g/mol. The second kappa shape index (κ2) is 10.8. The monoisotopic (exact) mass is 471 g/mol. The molecule has 2 N–H and O–H groups in total. The lowest BCUT2D eigenvalue weighted by Gasteiger charge is -2.32. The number of amides is 1. The third kappa shape index (κ3) is 5.41. The van der Waals surface area contributed by atoms with E-state index < -0.39 is 0 Å². The van der Waals surface area contributed by atoms with Crippen molar-refractivity contribution in [2.24, 2.45) is 5.92 Å². The molecule has 0 radical (unpaired) electrons. The zero-order valence-electron chi connectivity index (χ0n) is 20.2. The number of furan rings is 1. The van der Waals surface area contributed by atoms with E-state index in [4.69, 9.17) is 9.40 Å². The van der Waals surface area contributed by atoms with E-state index in [9.17, 15) is 4.79 Å². The number of imidazole rings is 1. The number of hydrogen-bond acceptors (Lipinski definition) is 5. The molecule has 1 fully saturated rings. The van der Waals surface area contributed by atoms with E-state index in [1.807, 2.05) is 49.5 Å². The molecule has 0 aliphatic carbocycles. The van der Waals surface area contributed by atoms with Crippen molar-refractivity contribution in [3.05, 3.63) is 84.1 Å². The van der Waals surface area contributed by atoms with Gasteiger partial charge in [-0.15, -0.1) is 0 Å². The first-order valence-electron chi connectivity index (χ1n) is 12.4. The Morgan fingerprint density at radius 3 is 2.66 bits per heavy atom. The van der Waals surface area contributed by atoms with Gasteiger partial charge in [-0.1, -0.05) is 24.3 Å². The average molecular weight is 472 g/mol. The van der Waals surface area contributed by atoms with Crippen molar-refractivity contribution >= 4 is 22.6 Å². The predicted molar refractivity (Wildman–Crippen MR) is 139 cm³/mol. The number of piperidine rings is 1. The van der Waals surface area contributed by atoms with Gasteiger partial charge in [-0.05, 0) is 68.2 Å². The molecule has 182 valence electrons. The number of benzene rings is 2. The average Bonchev–Trinajstić information content (AvgIpc) is 3.53. The first kappa shape index (κ1) is 23.2. The van der Waals surface area contributed by atoms with Crippen LogP contribution in [0, 0.1) is 5.92 Å². The Kier molecular flexibility index (Phi) is 7.14. The molecule has 0 saturated carbocycles. The summed E-state index contributed by atoms with van der Waals surface area (Å²) in [6.45, 7) is 4.33. The molecule has 1 amide bonds. The molecule has 5 rings (SSSR count). The summed E-state index contributed by atoms with van der Waals surface area (Å²) in [5, 5.41) is 6.15. The Bertz CT molecular complexity index is 1260. The molecule has 7 heteroatoms. The fourth-order valence-electron chi connectivity index (χ4n) is 5.01. The van der Waals surface area contributed by atoms with E-state index in [1.54, 1.807) is 6.26 Å². The molecule has 7 nitrogen and oxygen atoms in total. The van der Waals surface area contributed by atoms with Crippen molar-refractivity contribution in [2.75, 3.05) is 38.5 Å². The summed E-state index contributed by atoms with van der Waals surface area (Å²) in [5.41, 5.74) is 3.74. The summed E-state index contributed by atoms with van der Waals surface area (Å²) in [6, 6.07) is 19.9. The van der Waals surface area contributed by atoms with Crippen LogP contribution in [0.1, 0.15) is 34.8 Å². The lowest BCUT2D eigenvalue weighted by molar-refractivity contribution is 0.0944. The Balaban J connectivity index is 1.14.